The molecule has 0 saturated carbocycles. The molecule has 0 unspecified atom stereocenters. The number of carbonyl (C=O) groups excluding carboxylic acids is 1. The molecule has 1 amide bonds. The zero-order chi connectivity index (χ0) is 19.8. The van der Waals surface area contributed by atoms with E-state index in [-0.39, 0.29) is 20.8 Å². The fourth-order valence-electron chi connectivity index (χ4n) is 2.18. The van der Waals surface area contributed by atoms with Gasteiger partial charge in [-0.3, -0.25) is 4.79 Å². The lowest BCUT2D eigenvalue weighted by Gasteiger charge is -2.10. The molecule has 140 valence electrons. The molecular formula is C17H8Cl3F3N2OS. The second kappa shape index (κ2) is 7.75. The molecule has 0 aromatic heterocycles. The van der Waals surface area contributed by atoms with E-state index in [1.165, 1.54) is 18.2 Å². The molecule has 0 aliphatic carbocycles. The Hall–Kier alpha value is -1.67. The Morgan fingerprint density at radius 1 is 1.04 bits per heavy atom. The highest BCUT2D eigenvalue weighted by molar-refractivity contribution is 8.18. The molecule has 0 bridgehead atoms. The Kier molecular flexibility index (Phi) is 5.76. The molecule has 1 fully saturated rings. The minimum absolute atomic E-state index is 0.0177. The first kappa shape index (κ1) is 20.1. The van der Waals surface area contributed by atoms with Gasteiger partial charge >= 0.3 is 6.18 Å². The number of halogens is 6. The number of hydrogen-bond donors (Lipinski definition) is 1. The molecular weight excluding hydrogens is 444 g/mol. The second-order valence-corrected chi connectivity index (χ2v) is 7.62. The number of hydrogen-bond acceptors (Lipinski definition) is 3. The van der Waals surface area contributed by atoms with Crippen LogP contribution in [0.3, 0.4) is 0 Å². The molecule has 3 rings (SSSR count). The van der Waals surface area contributed by atoms with E-state index in [2.05, 4.69) is 10.3 Å². The van der Waals surface area contributed by atoms with Crippen molar-refractivity contribution in [3.63, 3.8) is 0 Å². The summed E-state index contributed by atoms with van der Waals surface area (Å²) in [4.78, 5) is 16.3. The summed E-state index contributed by atoms with van der Waals surface area (Å²) in [5, 5.41) is 3.17. The molecule has 0 radical (unpaired) electrons. The monoisotopic (exact) mass is 450 g/mol. The number of carbonyl (C=O) groups is 1. The minimum atomic E-state index is -4.63. The lowest BCUT2D eigenvalue weighted by molar-refractivity contribution is -0.137. The zero-order valence-electron chi connectivity index (χ0n) is 13.1. The van der Waals surface area contributed by atoms with Gasteiger partial charge in [0.25, 0.3) is 5.91 Å². The Morgan fingerprint density at radius 2 is 1.70 bits per heavy atom. The Morgan fingerprint density at radius 3 is 2.37 bits per heavy atom. The van der Waals surface area contributed by atoms with Gasteiger partial charge in [-0.2, -0.15) is 13.2 Å². The molecule has 1 N–H and O–H groups in total. The van der Waals surface area contributed by atoms with Crippen molar-refractivity contribution in [2.75, 3.05) is 0 Å². The minimum Gasteiger partial charge on any atom is -0.300 e. The van der Waals surface area contributed by atoms with Crippen LogP contribution in [0.25, 0.3) is 6.08 Å². The first-order valence-corrected chi connectivity index (χ1v) is 9.20. The van der Waals surface area contributed by atoms with Crippen LogP contribution in [-0.2, 0) is 11.0 Å². The highest BCUT2D eigenvalue weighted by Crippen LogP contribution is 2.39. The molecule has 0 spiro atoms. The number of rotatable bonds is 2. The fraction of sp³-hybridized carbons (Fsp3) is 0.0588. The van der Waals surface area contributed by atoms with Crippen LogP contribution in [0.2, 0.25) is 15.1 Å². The van der Waals surface area contributed by atoms with E-state index in [0.717, 1.165) is 23.9 Å². The Balaban J connectivity index is 1.93. The van der Waals surface area contributed by atoms with E-state index >= 15 is 0 Å². The number of nitrogens with zero attached hydrogens (tertiary/aromatic N) is 1. The van der Waals surface area contributed by atoms with Crippen LogP contribution in [0.15, 0.2) is 46.3 Å². The van der Waals surface area contributed by atoms with Crippen LogP contribution in [0.4, 0.5) is 18.9 Å². The van der Waals surface area contributed by atoms with Gasteiger partial charge in [-0.1, -0.05) is 40.9 Å². The third-order valence-corrected chi connectivity index (χ3v) is 5.09. The van der Waals surface area contributed by atoms with Crippen molar-refractivity contribution in [1.82, 2.24) is 5.32 Å². The summed E-state index contributed by atoms with van der Waals surface area (Å²) < 4.78 is 39.5. The van der Waals surface area contributed by atoms with Gasteiger partial charge in [0.15, 0.2) is 5.17 Å². The second-order valence-electron chi connectivity index (χ2n) is 5.31. The zero-order valence-corrected chi connectivity index (χ0v) is 16.2. The van der Waals surface area contributed by atoms with Crippen LogP contribution >= 0.6 is 46.6 Å². The van der Waals surface area contributed by atoms with Crippen LogP contribution in [0.5, 0.6) is 0 Å². The third-order valence-electron chi connectivity index (χ3n) is 3.39. The van der Waals surface area contributed by atoms with Crippen LogP contribution in [0, 0.1) is 0 Å². The molecule has 1 heterocycles. The van der Waals surface area contributed by atoms with E-state index in [1.54, 1.807) is 12.1 Å². The average Bonchev–Trinajstić information content (AvgIpc) is 2.90. The smallest absolute Gasteiger partial charge is 0.300 e. The number of amidine groups is 1. The lowest BCUT2D eigenvalue weighted by atomic mass is 10.2. The molecule has 27 heavy (non-hydrogen) atoms. The number of amides is 1. The lowest BCUT2D eigenvalue weighted by Crippen LogP contribution is -2.19. The molecule has 10 heteroatoms. The van der Waals surface area contributed by atoms with Gasteiger partial charge in [-0.25, -0.2) is 4.99 Å². The SMILES string of the molecule is O=C1NC(=Nc2ccc(Cl)cc2C(F)(F)F)S/C1=C\c1ccc(Cl)cc1Cl. The van der Waals surface area contributed by atoms with Gasteiger partial charge in [-0.15, -0.1) is 0 Å². The quantitative estimate of drug-likeness (QED) is 0.526. The standard InChI is InChI=1S/C17H8Cl3F3N2OS/c18-9-3-4-13(11(6-9)17(21,22)23)24-16-25-15(26)14(27-16)5-8-1-2-10(19)7-12(8)20/h1-7H,(H,24,25,26)/b14-5-. The molecule has 1 saturated heterocycles. The number of benzene rings is 2. The van der Waals surface area contributed by atoms with Crippen molar-refractivity contribution in [2.45, 2.75) is 6.18 Å². The highest BCUT2D eigenvalue weighted by atomic mass is 35.5. The van der Waals surface area contributed by atoms with Crippen molar-refractivity contribution in [3.05, 3.63) is 67.5 Å². The number of nitrogens with one attached hydrogen (secondary N) is 1. The number of thioether (sulfide) groups is 1. The van der Waals surface area contributed by atoms with Gasteiger partial charge in [0.1, 0.15) is 0 Å². The normalized spacial score (nSPS) is 17.6. The largest absolute Gasteiger partial charge is 0.418 e. The molecule has 3 nitrogen and oxygen atoms in total. The predicted molar refractivity (Wildman–Crippen MR) is 104 cm³/mol. The highest BCUT2D eigenvalue weighted by Gasteiger charge is 2.34. The molecule has 0 atom stereocenters. The summed E-state index contributed by atoms with van der Waals surface area (Å²) in [6.07, 6.45) is -3.12. The number of alkyl halides is 3. The topological polar surface area (TPSA) is 41.5 Å². The molecule has 1 aliphatic heterocycles. The predicted octanol–water partition coefficient (Wildman–Crippen LogP) is 6.56. The Bertz CT molecular complexity index is 990. The van der Waals surface area contributed by atoms with Crippen molar-refractivity contribution >= 4 is 69.4 Å². The average molecular weight is 452 g/mol. The van der Waals surface area contributed by atoms with Gasteiger partial charge in [0.05, 0.1) is 16.2 Å². The summed E-state index contributed by atoms with van der Waals surface area (Å²) >= 11 is 18.4. The first-order chi connectivity index (χ1) is 12.6. The van der Waals surface area contributed by atoms with Crippen molar-refractivity contribution in [3.8, 4) is 0 Å². The van der Waals surface area contributed by atoms with Gasteiger partial charge < -0.3 is 5.32 Å². The summed E-state index contributed by atoms with van der Waals surface area (Å²) in [7, 11) is 0. The van der Waals surface area contributed by atoms with Crippen LogP contribution < -0.4 is 5.32 Å². The maximum absolute atomic E-state index is 13.2. The number of aliphatic imine (C=N–C) groups is 1. The summed E-state index contributed by atoms with van der Waals surface area (Å²) in [5.74, 6) is -0.493. The fourth-order valence-corrected chi connectivity index (χ4v) is 3.64. The molecule has 2 aromatic carbocycles. The first-order valence-electron chi connectivity index (χ1n) is 7.25. The summed E-state index contributed by atoms with van der Waals surface area (Å²) in [6, 6.07) is 7.97. The summed E-state index contributed by atoms with van der Waals surface area (Å²) in [5.41, 5.74) is -0.793. The van der Waals surface area contributed by atoms with E-state index in [9.17, 15) is 18.0 Å². The third kappa shape index (κ3) is 4.79. The molecule has 2 aromatic rings. The van der Waals surface area contributed by atoms with Gasteiger partial charge in [-0.05, 0) is 53.7 Å². The van der Waals surface area contributed by atoms with Crippen molar-refractivity contribution in [1.29, 1.82) is 0 Å². The maximum Gasteiger partial charge on any atom is 0.418 e. The van der Waals surface area contributed by atoms with Gasteiger partial charge in [0, 0.05) is 15.1 Å². The molecule has 1 aliphatic rings. The van der Waals surface area contributed by atoms with Crippen molar-refractivity contribution in [2.24, 2.45) is 4.99 Å². The summed E-state index contributed by atoms with van der Waals surface area (Å²) in [6.45, 7) is 0. The van der Waals surface area contributed by atoms with E-state index in [1.807, 2.05) is 0 Å². The van der Waals surface area contributed by atoms with E-state index in [0.29, 0.717) is 15.6 Å². The van der Waals surface area contributed by atoms with Crippen molar-refractivity contribution < 1.29 is 18.0 Å². The maximum atomic E-state index is 13.2. The van der Waals surface area contributed by atoms with Gasteiger partial charge in [0.2, 0.25) is 0 Å². The van der Waals surface area contributed by atoms with E-state index < -0.39 is 17.6 Å². The van der Waals surface area contributed by atoms with Crippen LogP contribution in [-0.4, -0.2) is 11.1 Å². The van der Waals surface area contributed by atoms with Crippen LogP contribution in [0.1, 0.15) is 11.1 Å². The Labute approximate surface area is 171 Å². The van der Waals surface area contributed by atoms with E-state index in [4.69, 9.17) is 34.8 Å².